The van der Waals surface area contributed by atoms with Gasteiger partial charge in [0.1, 0.15) is 12.4 Å². The molecule has 0 atom stereocenters. The Balaban J connectivity index is 2.33. The average Bonchev–Trinajstić information content (AvgIpc) is 2.65. The second-order valence-electron chi connectivity index (χ2n) is 4.05. The summed E-state index contributed by atoms with van der Waals surface area (Å²) in [5, 5.41) is -0.279. The topological polar surface area (TPSA) is 46.6 Å². The summed E-state index contributed by atoms with van der Waals surface area (Å²) in [6, 6.07) is 3.58. The van der Waals surface area contributed by atoms with Crippen LogP contribution in [0.25, 0.3) is 6.08 Å². The molecule has 1 heterocycles. The summed E-state index contributed by atoms with van der Waals surface area (Å²) >= 11 is 7.71. The molecule has 7 heteroatoms. The quantitative estimate of drug-likeness (QED) is 0.539. The molecule has 0 spiro atoms. The Morgan fingerprint density at radius 1 is 1.38 bits per heavy atom. The van der Waals surface area contributed by atoms with Gasteiger partial charge in [0.15, 0.2) is 0 Å². The van der Waals surface area contributed by atoms with Crippen LogP contribution in [0.5, 0.6) is 5.75 Å². The number of carbonyl (C=O) groups is 2. The van der Waals surface area contributed by atoms with Gasteiger partial charge >= 0.3 is 0 Å². The van der Waals surface area contributed by atoms with Crippen molar-refractivity contribution in [1.29, 1.82) is 0 Å². The molecule has 21 heavy (non-hydrogen) atoms. The van der Waals surface area contributed by atoms with Crippen LogP contribution in [0.15, 0.2) is 26.0 Å². The fourth-order valence-electron chi connectivity index (χ4n) is 1.61. The first-order chi connectivity index (χ1) is 9.93. The van der Waals surface area contributed by atoms with Gasteiger partial charge in [-0.2, -0.15) is 0 Å². The largest absolute Gasteiger partial charge is 0.479 e. The van der Waals surface area contributed by atoms with Gasteiger partial charge in [0.2, 0.25) is 0 Å². The third kappa shape index (κ3) is 3.51. The van der Waals surface area contributed by atoms with Gasteiger partial charge in [-0.15, -0.1) is 6.42 Å². The van der Waals surface area contributed by atoms with Crippen molar-refractivity contribution in [3.63, 3.8) is 0 Å². The number of carbonyl (C=O) groups excluding carboxylic acids is 2. The standard InChI is InChI=1S/C14H9Br2NO3S/c1-3-4-20-12-9(15)5-8(6-10(12)16)7-11-13(18)17(2)14(19)21-11/h1,5-7H,4H2,2H3/b11-7-. The third-order valence-corrected chi connectivity index (χ3v) is 4.74. The first-order valence-corrected chi connectivity index (χ1v) is 8.11. The van der Waals surface area contributed by atoms with Gasteiger partial charge in [-0.25, -0.2) is 0 Å². The average molecular weight is 431 g/mol. The summed E-state index contributed by atoms with van der Waals surface area (Å²) in [5.74, 6) is 2.68. The van der Waals surface area contributed by atoms with Gasteiger partial charge in [-0.05, 0) is 67.4 Å². The molecular formula is C14H9Br2NO3S. The number of imide groups is 1. The normalized spacial score (nSPS) is 16.5. The van der Waals surface area contributed by atoms with E-state index in [0.717, 1.165) is 22.2 Å². The van der Waals surface area contributed by atoms with E-state index in [9.17, 15) is 9.59 Å². The smallest absolute Gasteiger partial charge is 0.293 e. The fourth-order valence-corrected chi connectivity index (χ4v) is 3.89. The molecule has 1 saturated heterocycles. The minimum absolute atomic E-state index is 0.158. The van der Waals surface area contributed by atoms with Crippen LogP contribution in [-0.2, 0) is 4.79 Å². The molecule has 0 saturated carbocycles. The lowest BCUT2D eigenvalue weighted by Gasteiger charge is -2.09. The highest BCUT2D eigenvalue weighted by Crippen LogP contribution is 2.37. The lowest BCUT2D eigenvalue weighted by atomic mass is 10.2. The number of amides is 2. The van der Waals surface area contributed by atoms with Crippen molar-refractivity contribution in [3.8, 4) is 18.1 Å². The van der Waals surface area contributed by atoms with Crippen molar-refractivity contribution in [2.75, 3.05) is 13.7 Å². The molecule has 0 unspecified atom stereocenters. The van der Waals surface area contributed by atoms with E-state index in [1.54, 1.807) is 18.2 Å². The van der Waals surface area contributed by atoms with Crippen molar-refractivity contribution < 1.29 is 14.3 Å². The molecule has 0 bridgehead atoms. The first kappa shape index (κ1) is 16.1. The minimum Gasteiger partial charge on any atom is -0.479 e. The Kier molecular flexibility index (Phi) is 5.14. The van der Waals surface area contributed by atoms with E-state index < -0.39 is 0 Å². The maximum atomic E-state index is 11.8. The van der Waals surface area contributed by atoms with Gasteiger partial charge in [-0.1, -0.05) is 5.92 Å². The Hall–Kier alpha value is -1.23. The van der Waals surface area contributed by atoms with E-state index in [-0.39, 0.29) is 17.8 Å². The second-order valence-corrected chi connectivity index (χ2v) is 6.75. The Bertz CT molecular complexity index is 671. The Morgan fingerprint density at radius 3 is 2.48 bits per heavy atom. The van der Waals surface area contributed by atoms with E-state index in [2.05, 4.69) is 37.8 Å². The summed E-state index contributed by atoms with van der Waals surface area (Å²) in [6.07, 6.45) is 6.83. The highest BCUT2D eigenvalue weighted by atomic mass is 79.9. The maximum Gasteiger partial charge on any atom is 0.293 e. The highest BCUT2D eigenvalue weighted by molar-refractivity contribution is 9.11. The van der Waals surface area contributed by atoms with Crippen LogP contribution in [0.3, 0.4) is 0 Å². The van der Waals surface area contributed by atoms with Crippen LogP contribution in [0.2, 0.25) is 0 Å². The number of rotatable bonds is 3. The number of thioether (sulfide) groups is 1. The molecule has 0 radical (unpaired) electrons. The first-order valence-electron chi connectivity index (χ1n) is 5.71. The lowest BCUT2D eigenvalue weighted by molar-refractivity contribution is -0.121. The van der Waals surface area contributed by atoms with E-state index >= 15 is 0 Å². The second kappa shape index (κ2) is 6.69. The molecule has 1 aliphatic rings. The Morgan fingerprint density at radius 2 is 2.00 bits per heavy atom. The van der Waals surface area contributed by atoms with Crippen LogP contribution in [0, 0.1) is 12.3 Å². The van der Waals surface area contributed by atoms with Crippen LogP contribution < -0.4 is 4.74 Å². The van der Waals surface area contributed by atoms with Crippen molar-refractivity contribution in [3.05, 3.63) is 31.5 Å². The molecule has 2 amide bonds. The van der Waals surface area contributed by atoms with E-state index in [1.807, 2.05) is 0 Å². The van der Waals surface area contributed by atoms with Gasteiger partial charge in [0.25, 0.3) is 11.1 Å². The molecule has 1 fully saturated rings. The fraction of sp³-hybridized carbons (Fsp3) is 0.143. The number of ether oxygens (including phenoxy) is 1. The van der Waals surface area contributed by atoms with Crippen LogP contribution in [0.4, 0.5) is 4.79 Å². The van der Waals surface area contributed by atoms with Gasteiger partial charge in [-0.3, -0.25) is 14.5 Å². The number of hydrogen-bond acceptors (Lipinski definition) is 4. The summed E-state index contributed by atoms with van der Waals surface area (Å²) in [5.41, 5.74) is 0.765. The zero-order valence-corrected chi connectivity index (χ0v) is 14.8. The van der Waals surface area contributed by atoms with Gasteiger partial charge in [0.05, 0.1) is 13.9 Å². The molecule has 0 aromatic heterocycles. The summed E-state index contributed by atoms with van der Waals surface area (Å²) < 4.78 is 6.82. The van der Waals surface area contributed by atoms with Crippen molar-refractivity contribution in [1.82, 2.24) is 4.90 Å². The molecule has 0 aliphatic carbocycles. The number of benzene rings is 1. The van der Waals surface area contributed by atoms with Crippen LogP contribution in [0.1, 0.15) is 5.56 Å². The predicted octanol–water partition coefficient (Wildman–Crippen LogP) is 3.89. The predicted molar refractivity (Wildman–Crippen MR) is 89.9 cm³/mol. The van der Waals surface area contributed by atoms with Crippen molar-refractivity contribution in [2.24, 2.45) is 0 Å². The van der Waals surface area contributed by atoms with Gasteiger partial charge < -0.3 is 4.74 Å². The summed E-state index contributed by atoms with van der Waals surface area (Å²) in [7, 11) is 1.46. The van der Waals surface area contributed by atoms with E-state index in [4.69, 9.17) is 11.2 Å². The third-order valence-electron chi connectivity index (χ3n) is 2.60. The molecule has 4 nitrogen and oxygen atoms in total. The molecule has 2 rings (SSSR count). The molecule has 0 N–H and O–H groups in total. The van der Waals surface area contributed by atoms with Crippen molar-refractivity contribution in [2.45, 2.75) is 0 Å². The SMILES string of the molecule is C#CCOc1c(Br)cc(/C=C2\SC(=O)N(C)C2=O)cc1Br. The highest BCUT2D eigenvalue weighted by Gasteiger charge is 2.31. The minimum atomic E-state index is -0.301. The molecule has 1 aliphatic heterocycles. The van der Waals surface area contributed by atoms with Gasteiger partial charge in [0, 0.05) is 7.05 Å². The van der Waals surface area contributed by atoms with Crippen LogP contribution in [-0.4, -0.2) is 29.7 Å². The lowest BCUT2D eigenvalue weighted by Crippen LogP contribution is -2.22. The zero-order valence-electron chi connectivity index (χ0n) is 10.9. The Labute approximate surface area is 143 Å². The number of nitrogens with zero attached hydrogens (tertiary/aromatic N) is 1. The molecule has 108 valence electrons. The zero-order chi connectivity index (χ0) is 15.6. The molecule has 1 aromatic rings. The summed E-state index contributed by atoms with van der Waals surface area (Å²) in [4.78, 5) is 24.8. The number of likely N-dealkylation sites (N-methyl/N-ethyl adjacent to an activating group) is 1. The van der Waals surface area contributed by atoms with Crippen LogP contribution >= 0.6 is 43.6 Å². The number of halogens is 2. The number of terminal acetylenes is 1. The maximum absolute atomic E-state index is 11.8. The molecule has 1 aromatic carbocycles. The van der Waals surface area contributed by atoms with E-state index in [0.29, 0.717) is 19.6 Å². The molecular weight excluding hydrogens is 422 g/mol. The van der Waals surface area contributed by atoms with E-state index in [1.165, 1.54) is 7.05 Å². The summed E-state index contributed by atoms with van der Waals surface area (Å²) in [6.45, 7) is 0.158. The van der Waals surface area contributed by atoms with Crippen molar-refractivity contribution >= 4 is 60.8 Å². The monoisotopic (exact) mass is 429 g/mol. The number of hydrogen-bond donors (Lipinski definition) is 0.